The van der Waals surface area contributed by atoms with E-state index in [0.29, 0.717) is 25.3 Å². The summed E-state index contributed by atoms with van der Waals surface area (Å²) in [6.07, 6.45) is 2.83. The Labute approximate surface area is 197 Å². The van der Waals surface area contributed by atoms with Gasteiger partial charge >= 0.3 is 0 Å². The highest BCUT2D eigenvalue weighted by molar-refractivity contribution is 7.89. The highest BCUT2D eigenvalue weighted by Gasteiger charge is 2.26. The van der Waals surface area contributed by atoms with E-state index in [1.165, 1.54) is 0 Å². The Morgan fingerprint density at radius 3 is 2.27 bits per heavy atom. The lowest BCUT2D eigenvalue weighted by molar-refractivity contribution is -0.117. The van der Waals surface area contributed by atoms with Gasteiger partial charge in [0.05, 0.1) is 18.6 Å². The molecule has 0 aromatic heterocycles. The van der Waals surface area contributed by atoms with Gasteiger partial charge in [-0.15, -0.1) is 0 Å². The summed E-state index contributed by atoms with van der Waals surface area (Å²) in [5.41, 5.74) is 4.58. The smallest absolute Gasteiger partial charge is 0.243 e. The summed E-state index contributed by atoms with van der Waals surface area (Å²) >= 11 is 0. The third-order valence-electron chi connectivity index (χ3n) is 6.03. The molecule has 2 aromatic rings. The van der Waals surface area contributed by atoms with Crippen LogP contribution in [0.4, 0.5) is 5.69 Å². The van der Waals surface area contributed by atoms with Crippen molar-refractivity contribution in [3.8, 4) is 5.75 Å². The van der Waals surface area contributed by atoms with E-state index in [-0.39, 0.29) is 17.3 Å². The molecule has 0 unspecified atom stereocenters. The number of sulfonamides is 1. The Hall–Kier alpha value is -2.42. The number of piperidine rings is 1. The molecule has 0 aliphatic carbocycles. The van der Waals surface area contributed by atoms with Crippen molar-refractivity contribution in [2.75, 3.05) is 39.1 Å². The van der Waals surface area contributed by atoms with Crippen LogP contribution in [0, 0.1) is 20.8 Å². The third-order valence-corrected chi connectivity index (χ3v) is 7.92. The van der Waals surface area contributed by atoms with E-state index in [1.807, 2.05) is 32.7 Å². The fraction of sp³-hybridized carbons (Fsp3) is 0.480. The number of likely N-dealkylation sites (N-methyl/N-ethyl adjacent to an activating group) is 1. The Morgan fingerprint density at radius 2 is 1.67 bits per heavy atom. The second-order valence-corrected chi connectivity index (χ2v) is 10.9. The van der Waals surface area contributed by atoms with Crippen LogP contribution < -0.4 is 10.1 Å². The number of methoxy groups -OCH3 is 1. The minimum atomic E-state index is -3.55. The molecule has 2 aromatic carbocycles. The SMILES string of the molecule is COc1c(C)cc(CN(C)CC(=O)Nc2cc(S(=O)(=O)N3CCCCC3)ccc2C)cc1C. The molecule has 33 heavy (non-hydrogen) atoms. The lowest BCUT2D eigenvalue weighted by Crippen LogP contribution is -2.35. The van der Waals surface area contributed by atoms with Crippen molar-refractivity contribution in [2.45, 2.75) is 51.5 Å². The van der Waals surface area contributed by atoms with Crippen LogP contribution in [0.15, 0.2) is 35.2 Å². The zero-order chi connectivity index (χ0) is 24.2. The van der Waals surface area contributed by atoms with Crippen molar-refractivity contribution in [1.82, 2.24) is 9.21 Å². The van der Waals surface area contributed by atoms with E-state index >= 15 is 0 Å². The van der Waals surface area contributed by atoms with Crippen LogP contribution in [0.25, 0.3) is 0 Å². The first kappa shape index (κ1) is 25.2. The molecule has 8 heteroatoms. The number of amides is 1. The number of anilines is 1. The van der Waals surface area contributed by atoms with E-state index in [1.54, 1.807) is 29.6 Å². The van der Waals surface area contributed by atoms with Gasteiger partial charge in [0.2, 0.25) is 15.9 Å². The molecule has 0 saturated carbocycles. The van der Waals surface area contributed by atoms with Gasteiger partial charge < -0.3 is 10.1 Å². The van der Waals surface area contributed by atoms with Gasteiger partial charge in [-0.2, -0.15) is 4.31 Å². The molecule has 1 heterocycles. The normalized spacial score (nSPS) is 15.0. The van der Waals surface area contributed by atoms with Crippen molar-refractivity contribution < 1.29 is 17.9 Å². The van der Waals surface area contributed by atoms with Gasteiger partial charge in [-0.05, 0) is 75.0 Å². The number of hydrogen-bond acceptors (Lipinski definition) is 5. The van der Waals surface area contributed by atoms with Crippen molar-refractivity contribution in [2.24, 2.45) is 0 Å². The molecule has 0 radical (unpaired) electrons. The van der Waals surface area contributed by atoms with Crippen LogP contribution in [-0.2, 0) is 21.4 Å². The average Bonchev–Trinajstić information content (AvgIpc) is 2.75. The second kappa shape index (κ2) is 10.7. The summed E-state index contributed by atoms with van der Waals surface area (Å²) in [6, 6.07) is 9.08. The predicted molar refractivity (Wildman–Crippen MR) is 131 cm³/mol. The minimum absolute atomic E-state index is 0.185. The lowest BCUT2D eigenvalue weighted by Gasteiger charge is -2.26. The van der Waals surface area contributed by atoms with Crippen molar-refractivity contribution >= 4 is 21.6 Å². The quantitative estimate of drug-likeness (QED) is 0.630. The number of aryl methyl sites for hydroxylation is 3. The maximum atomic E-state index is 13.0. The van der Waals surface area contributed by atoms with Crippen molar-refractivity contribution in [3.63, 3.8) is 0 Å². The summed E-state index contributed by atoms with van der Waals surface area (Å²) in [5.74, 6) is 0.698. The third kappa shape index (κ3) is 6.13. The first-order valence-corrected chi connectivity index (χ1v) is 12.8. The first-order valence-electron chi connectivity index (χ1n) is 11.3. The number of hydrogen-bond donors (Lipinski definition) is 1. The maximum absolute atomic E-state index is 13.0. The van der Waals surface area contributed by atoms with Gasteiger partial charge in [0.1, 0.15) is 5.75 Å². The fourth-order valence-corrected chi connectivity index (χ4v) is 5.95. The number of carbonyl (C=O) groups is 1. The zero-order valence-corrected chi connectivity index (χ0v) is 21.1. The van der Waals surface area contributed by atoms with Gasteiger partial charge in [0.25, 0.3) is 0 Å². The molecule has 7 nitrogen and oxygen atoms in total. The van der Waals surface area contributed by atoms with E-state index in [9.17, 15) is 13.2 Å². The van der Waals surface area contributed by atoms with Crippen LogP contribution in [0.1, 0.15) is 41.5 Å². The van der Waals surface area contributed by atoms with Crippen LogP contribution in [0.2, 0.25) is 0 Å². The van der Waals surface area contributed by atoms with E-state index < -0.39 is 10.0 Å². The number of nitrogens with one attached hydrogen (secondary N) is 1. The van der Waals surface area contributed by atoms with Gasteiger partial charge in [-0.25, -0.2) is 8.42 Å². The molecule has 1 aliphatic rings. The summed E-state index contributed by atoms with van der Waals surface area (Å²) in [4.78, 5) is 14.9. The highest BCUT2D eigenvalue weighted by Crippen LogP contribution is 2.26. The molecule has 1 N–H and O–H groups in total. The molecule has 1 amide bonds. The van der Waals surface area contributed by atoms with Crippen molar-refractivity contribution in [1.29, 1.82) is 0 Å². The Balaban J connectivity index is 1.67. The van der Waals surface area contributed by atoms with E-state index in [0.717, 1.165) is 47.3 Å². The summed E-state index contributed by atoms with van der Waals surface area (Å²) in [5, 5.41) is 2.90. The number of rotatable bonds is 8. The number of nitrogens with zero attached hydrogens (tertiary/aromatic N) is 2. The molecule has 1 fully saturated rings. The van der Waals surface area contributed by atoms with Crippen LogP contribution in [0.5, 0.6) is 5.75 Å². The number of benzene rings is 2. The topological polar surface area (TPSA) is 79.0 Å². The summed E-state index contributed by atoms with van der Waals surface area (Å²) in [6.45, 7) is 7.78. The van der Waals surface area contributed by atoms with E-state index in [2.05, 4.69) is 17.4 Å². The predicted octanol–water partition coefficient (Wildman–Crippen LogP) is 3.87. The second-order valence-electron chi connectivity index (χ2n) is 8.92. The summed E-state index contributed by atoms with van der Waals surface area (Å²) < 4.78 is 33.0. The maximum Gasteiger partial charge on any atom is 0.243 e. The number of carbonyl (C=O) groups excluding carboxylic acids is 1. The Morgan fingerprint density at radius 1 is 1.03 bits per heavy atom. The Bertz CT molecular complexity index is 1090. The molecule has 3 rings (SSSR count). The van der Waals surface area contributed by atoms with Crippen LogP contribution >= 0.6 is 0 Å². The lowest BCUT2D eigenvalue weighted by atomic mass is 10.1. The molecule has 0 bridgehead atoms. The number of ether oxygens (including phenoxy) is 1. The largest absolute Gasteiger partial charge is 0.496 e. The van der Waals surface area contributed by atoms with E-state index in [4.69, 9.17) is 4.74 Å². The first-order chi connectivity index (χ1) is 15.6. The van der Waals surface area contributed by atoms with Crippen molar-refractivity contribution in [3.05, 3.63) is 52.6 Å². The minimum Gasteiger partial charge on any atom is -0.496 e. The zero-order valence-electron chi connectivity index (χ0n) is 20.3. The molecule has 1 saturated heterocycles. The van der Waals surface area contributed by atoms with Crippen LogP contribution in [-0.4, -0.2) is 57.3 Å². The standard InChI is InChI=1S/C25H35N3O4S/c1-18-9-10-22(33(30,31)28-11-7-6-8-12-28)15-23(18)26-24(29)17-27(4)16-21-13-19(2)25(32-5)20(3)14-21/h9-10,13-15H,6-8,11-12,16-17H2,1-5H3,(H,26,29). The van der Waals surface area contributed by atoms with Gasteiger partial charge in [-0.1, -0.05) is 24.6 Å². The Kier molecular flexibility index (Phi) is 8.15. The van der Waals surface area contributed by atoms with Gasteiger partial charge in [-0.3, -0.25) is 9.69 Å². The average molecular weight is 474 g/mol. The summed E-state index contributed by atoms with van der Waals surface area (Å²) in [7, 11) is 0.000934. The molecule has 0 spiro atoms. The molecular weight excluding hydrogens is 438 g/mol. The molecular formula is C25H35N3O4S. The molecule has 180 valence electrons. The highest BCUT2D eigenvalue weighted by atomic mass is 32.2. The molecule has 0 atom stereocenters. The van der Waals surface area contributed by atoms with Crippen LogP contribution in [0.3, 0.4) is 0 Å². The monoisotopic (exact) mass is 473 g/mol. The van der Waals surface area contributed by atoms with Gasteiger partial charge in [0, 0.05) is 25.3 Å². The molecule has 1 aliphatic heterocycles. The fourth-order valence-electron chi connectivity index (χ4n) is 4.41. The van der Waals surface area contributed by atoms with Gasteiger partial charge in [0.15, 0.2) is 0 Å².